The molecule has 1 N–H and O–H groups in total. The minimum Gasteiger partial charge on any atom is -0.491 e. The molecule has 1 aromatic carbocycles. The van der Waals surface area contributed by atoms with E-state index in [1.54, 1.807) is 24.5 Å². The van der Waals surface area contributed by atoms with Crippen LogP contribution in [-0.4, -0.2) is 29.9 Å². The van der Waals surface area contributed by atoms with E-state index in [9.17, 15) is 9.59 Å². The average molecular weight is 311 g/mol. The van der Waals surface area contributed by atoms with Crippen molar-refractivity contribution in [2.24, 2.45) is 0 Å². The second-order valence-corrected chi connectivity index (χ2v) is 5.18. The van der Waals surface area contributed by atoms with Crippen LogP contribution in [0.5, 0.6) is 5.75 Å². The fourth-order valence-electron chi connectivity index (χ4n) is 2.40. The number of carbonyl (C=O) groups is 2. The largest absolute Gasteiger partial charge is 0.491 e. The van der Waals surface area contributed by atoms with E-state index in [1.165, 1.54) is 4.90 Å². The number of hydrogen-bond donors (Lipinski definition) is 1. The lowest BCUT2D eigenvalue weighted by atomic mass is 10.2. The Labute approximate surface area is 134 Å². The van der Waals surface area contributed by atoms with E-state index in [1.807, 2.05) is 24.3 Å². The molecule has 6 nitrogen and oxygen atoms in total. The molecule has 0 radical (unpaired) electrons. The molecule has 2 amide bonds. The SMILES string of the molecule is O=C(CN1C(=O)CCOc2ccccc21)NCc1cccnc1. The van der Waals surface area contributed by atoms with Crippen molar-refractivity contribution in [2.75, 3.05) is 18.1 Å². The van der Waals surface area contributed by atoms with Crippen molar-refractivity contribution in [1.82, 2.24) is 10.3 Å². The third-order valence-electron chi connectivity index (χ3n) is 3.54. The lowest BCUT2D eigenvalue weighted by molar-refractivity contribution is -0.124. The molecule has 0 saturated carbocycles. The Morgan fingerprint density at radius 1 is 1.26 bits per heavy atom. The Hall–Kier alpha value is -2.89. The second-order valence-electron chi connectivity index (χ2n) is 5.18. The van der Waals surface area contributed by atoms with Gasteiger partial charge in [-0.1, -0.05) is 18.2 Å². The number of benzene rings is 1. The van der Waals surface area contributed by atoms with Crippen LogP contribution in [0.1, 0.15) is 12.0 Å². The molecule has 0 unspecified atom stereocenters. The molecular weight excluding hydrogens is 294 g/mol. The van der Waals surface area contributed by atoms with Gasteiger partial charge in [0.15, 0.2) is 0 Å². The number of carbonyl (C=O) groups excluding carboxylic acids is 2. The molecular formula is C17H17N3O3. The molecule has 0 fully saturated rings. The maximum absolute atomic E-state index is 12.2. The number of rotatable bonds is 4. The molecule has 0 aliphatic carbocycles. The molecule has 0 bridgehead atoms. The Balaban J connectivity index is 1.68. The lowest BCUT2D eigenvalue weighted by Crippen LogP contribution is -2.40. The number of para-hydroxylation sites is 2. The highest BCUT2D eigenvalue weighted by atomic mass is 16.5. The topological polar surface area (TPSA) is 71.5 Å². The number of anilines is 1. The van der Waals surface area contributed by atoms with Gasteiger partial charge < -0.3 is 10.1 Å². The van der Waals surface area contributed by atoms with Gasteiger partial charge in [0.1, 0.15) is 12.3 Å². The predicted octanol–water partition coefficient (Wildman–Crippen LogP) is 1.51. The number of pyridine rings is 1. The predicted molar refractivity (Wildman–Crippen MR) is 85.0 cm³/mol. The van der Waals surface area contributed by atoms with Crippen molar-refractivity contribution in [3.8, 4) is 5.75 Å². The monoisotopic (exact) mass is 311 g/mol. The first kappa shape index (κ1) is 15.0. The van der Waals surface area contributed by atoms with Gasteiger partial charge in [-0.15, -0.1) is 0 Å². The summed E-state index contributed by atoms with van der Waals surface area (Å²) in [7, 11) is 0. The number of nitrogens with one attached hydrogen (secondary N) is 1. The van der Waals surface area contributed by atoms with Crippen LogP contribution < -0.4 is 15.0 Å². The normalized spacial score (nSPS) is 13.7. The molecule has 2 aromatic rings. The number of amides is 2. The van der Waals surface area contributed by atoms with Crippen molar-refractivity contribution in [1.29, 1.82) is 0 Å². The first-order valence-corrected chi connectivity index (χ1v) is 7.42. The molecule has 0 spiro atoms. The van der Waals surface area contributed by atoms with Gasteiger partial charge in [-0.25, -0.2) is 0 Å². The van der Waals surface area contributed by atoms with Gasteiger partial charge in [0.05, 0.1) is 18.7 Å². The molecule has 1 aromatic heterocycles. The summed E-state index contributed by atoms with van der Waals surface area (Å²) in [4.78, 5) is 29.9. The van der Waals surface area contributed by atoms with Crippen LogP contribution in [0.4, 0.5) is 5.69 Å². The van der Waals surface area contributed by atoms with Gasteiger partial charge >= 0.3 is 0 Å². The van der Waals surface area contributed by atoms with Crippen LogP contribution in [0.15, 0.2) is 48.8 Å². The Morgan fingerprint density at radius 2 is 2.13 bits per heavy atom. The van der Waals surface area contributed by atoms with E-state index in [0.29, 0.717) is 24.6 Å². The number of ether oxygens (including phenoxy) is 1. The van der Waals surface area contributed by atoms with Crippen LogP contribution in [0.25, 0.3) is 0 Å². The highest BCUT2D eigenvalue weighted by Crippen LogP contribution is 2.30. The van der Waals surface area contributed by atoms with E-state index in [0.717, 1.165) is 5.56 Å². The molecule has 118 valence electrons. The molecule has 3 rings (SSSR count). The van der Waals surface area contributed by atoms with Gasteiger partial charge in [-0.2, -0.15) is 0 Å². The summed E-state index contributed by atoms with van der Waals surface area (Å²) >= 11 is 0. The van der Waals surface area contributed by atoms with Crippen molar-refractivity contribution >= 4 is 17.5 Å². The molecule has 23 heavy (non-hydrogen) atoms. The zero-order valence-electron chi connectivity index (χ0n) is 12.6. The maximum Gasteiger partial charge on any atom is 0.240 e. The fourth-order valence-corrected chi connectivity index (χ4v) is 2.40. The first-order valence-electron chi connectivity index (χ1n) is 7.42. The van der Waals surface area contributed by atoms with E-state index in [-0.39, 0.29) is 24.8 Å². The van der Waals surface area contributed by atoms with E-state index >= 15 is 0 Å². The zero-order chi connectivity index (χ0) is 16.1. The standard InChI is InChI=1S/C17H17N3O3/c21-16(19-11-13-4-3-8-18-10-13)12-20-14-5-1-2-6-15(14)23-9-7-17(20)22/h1-6,8,10H,7,9,11-12H2,(H,19,21). The minimum absolute atomic E-state index is 0.0283. The molecule has 2 heterocycles. The lowest BCUT2D eigenvalue weighted by Gasteiger charge is -2.21. The van der Waals surface area contributed by atoms with Crippen LogP contribution >= 0.6 is 0 Å². The van der Waals surface area contributed by atoms with Crippen LogP contribution in [0.2, 0.25) is 0 Å². The first-order chi connectivity index (χ1) is 11.2. The summed E-state index contributed by atoms with van der Waals surface area (Å²) in [6, 6.07) is 10.9. The Morgan fingerprint density at radius 3 is 2.96 bits per heavy atom. The zero-order valence-corrected chi connectivity index (χ0v) is 12.6. The summed E-state index contributed by atoms with van der Waals surface area (Å²) in [6.45, 7) is 0.677. The average Bonchev–Trinajstić information content (AvgIpc) is 2.74. The van der Waals surface area contributed by atoms with E-state index in [2.05, 4.69) is 10.3 Å². The van der Waals surface area contributed by atoms with Crippen molar-refractivity contribution in [3.63, 3.8) is 0 Å². The third kappa shape index (κ3) is 3.66. The number of nitrogens with zero attached hydrogens (tertiary/aromatic N) is 2. The van der Waals surface area contributed by atoms with Crippen molar-refractivity contribution < 1.29 is 14.3 Å². The quantitative estimate of drug-likeness (QED) is 0.929. The summed E-state index contributed by atoms with van der Waals surface area (Å²) < 4.78 is 5.56. The Kier molecular flexibility index (Phi) is 4.52. The van der Waals surface area contributed by atoms with Crippen LogP contribution in [-0.2, 0) is 16.1 Å². The summed E-state index contributed by atoms with van der Waals surface area (Å²) in [6.07, 6.45) is 3.63. The second kappa shape index (κ2) is 6.91. The maximum atomic E-state index is 12.2. The highest BCUT2D eigenvalue weighted by Gasteiger charge is 2.24. The van der Waals surface area contributed by atoms with Crippen LogP contribution in [0.3, 0.4) is 0 Å². The molecule has 1 aliphatic heterocycles. The van der Waals surface area contributed by atoms with E-state index in [4.69, 9.17) is 4.74 Å². The molecule has 0 atom stereocenters. The van der Waals surface area contributed by atoms with Gasteiger partial charge in [-0.3, -0.25) is 19.5 Å². The summed E-state index contributed by atoms with van der Waals surface area (Å²) in [5, 5.41) is 2.80. The van der Waals surface area contributed by atoms with Gasteiger partial charge in [0, 0.05) is 18.9 Å². The third-order valence-corrected chi connectivity index (χ3v) is 3.54. The Bertz CT molecular complexity index is 703. The number of fused-ring (bicyclic) bond motifs is 1. The van der Waals surface area contributed by atoms with Crippen molar-refractivity contribution in [2.45, 2.75) is 13.0 Å². The number of aromatic nitrogens is 1. The molecule has 0 saturated heterocycles. The van der Waals surface area contributed by atoms with Gasteiger partial charge in [0.25, 0.3) is 0 Å². The summed E-state index contributed by atoms with van der Waals surface area (Å²) in [5.41, 5.74) is 1.54. The van der Waals surface area contributed by atoms with Crippen molar-refractivity contribution in [3.05, 3.63) is 54.4 Å². The smallest absolute Gasteiger partial charge is 0.240 e. The van der Waals surface area contributed by atoms with Gasteiger partial charge in [-0.05, 0) is 23.8 Å². The fraction of sp³-hybridized carbons (Fsp3) is 0.235. The molecule has 6 heteroatoms. The number of hydrogen-bond acceptors (Lipinski definition) is 4. The van der Waals surface area contributed by atoms with Gasteiger partial charge in [0.2, 0.25) is 11.8 Å². The highest BCUT2D eigenvalue weighted by molar-refractivity contribution is 6.00. The molecule has 1 aliphatic rings. The minimum atomic E-state index is -0.223. The van der Waals surface area contributed by atoms with E-state index < -0.39 is 0 Å². The summed E-state index contributed by atoms with van der Waals surface area (Å²) in [5.74, 6) is 0.281. The van der Waals surface area contributed by atoms with Crippen LogP contribution in [0, 0.1) is 0 Å².